The molecule has 0 aromatic carbocycles. The Morgan fingerprint density at radius 1 is 1.50 bits per heavy atom. The van der Waals surface area contributed by atoms with Crippen LogP contribution < -0.4 is 11.1 Å². The molecule has 0 atom stereocenters. The molecule has 1 aromatic rings. The summed E-state index contributed by atoms with van der Waals surface area (Å²) in [6.07, 6.45) is 3.75. The first kappa shape index (κ1) is 12.7. The molecule has 100 valence electrons. The molecule has 0 bridgehead atoms. The monoisotopic (exact) mass is 251 g/mol. The van der Waals surface area contributed by atoms with E-state index in [4.69, 9.17) is 5.73 Å². The Bertz CT molecular complexity index is 406. The molecular formula is C12H21N5O. The molecule has 0 aliphatic carbocycles. The van der Waals surface area contributed by atoms with Gasteiger partial charge in [0.1, 0.15) is 5.82 Å². The summed E-state index contributed by atoms with van der Waals surface area (Å²) in [6.45, 7) is 5.47. The van der Waals surface area contributed by atoms with Crippen LogP contribution in [0, 0.1) is 0 Å². The number of nitrogens with one attached hydrogen (secondary N) is 1. The Balaban J connectivity index is 1.86. The molecule has 18 heavy (non-hydrogen) atoms. The van der Waals surface area contributed by atoms with Crippen LogP contribution in [0.4, 0.5) is 10.6 Å². The quantitative estimate of drug-likeness (QED) is 0.829. The van der Waals surface area contributed by atoms with Crippen LogP contribution in [0.25, 0.3) is 0 Å². The van der Waals surface area contributed by atoms with Gasteiger partial charge in [-0.15, -0.1) is 0 Å². The van der Waals surface area contributed by atoms with Gasteiger partial charge >= 0.3 is 6.03 Å². The second kappa shape index (κ2) is 5.29. The molecule has 6 nitrogen and oxygen atoms in total. The van der Waals surface area contributed by atoms with Gasteiger partial charge in [-0.1, -0.05) is 0 Å². The van der Waals surface area contributed by atoms with Gasteiger partial charge in [-0.3, -0.25) is 4.68 Å². The van der Waals surface area contributed by atoms with Crippen molar-refractivity contribution in [2.24, 2.45) is 0 Å². The zero-order valence-corrected chi connectivity index (χ0v) is 11.0. The summed E-state index contributed by atoms with van der Waals surface area (Å²) in [6, 6.07) is 2.37. The lowest BCUT2D eigenvalue weighted by molar-refractivity contribution is 0.166. The number of piperidine rings is 1. The molecule has 2 rings (SSSR count). The fourth-order valence-corrected chi connectivity index (χ4v) is 2.23. The first-order chi connectivity index (χ1) is 8.56. The highest BCUT2D eigenvalue weighted by Crippen LogP contribution is 2.22. The van der Waals surface area contributed by atoms with E-state index in [0.717, 1.165) is 25.9 Å². The number of carbonyl (C=O) groups excluding carboxylic acids is 1. The number of hydrogen-bond acceptors (Lipinski definition) is 3. The Hall–Kier alpha value is -1.72. The molecule has 1 saturated heterocycles. The maximum absolute atomic E-state index is 11.8. The van der Waals surface area contributed by atoms with Crippen molar-refractivity contribution in [3.63, 3.8) is 0 Å². The first-order valence-corrected chi connectivity index (χ1v) is 6.42. The SMILES string of the molecule is CC(C)NC(=O)N1CCC(n2ccc(N)n2)CC1. The number of anilines is 1. The summed E-state index contributed by atoms with van der Waals surface area (Å²) in [4.78, 5) is 13.7. The van der Waals surface area contributed by atoms with Gasteiger partial charge in [-0.25, -0.2) is 4.79 Å². The molecule has 1 aromatic heterocycles. The van der Waals surface area contributed by atoms with Gasteiger partial charge in [0.25, 0.3) is 0 Å². The van der Waals surface area contributed by atoms with Crippen LogP contribution in [0.5, 0.6) is 0 Å². The predicted molar refractivity (Wildman–Crippen MR) is 70.2 cm³/mol. The molecule has 2 amide bonds. The number of likely N-dealkylation sites (tertiary alicyclic amines) is 1. The van der Waals surface area contributed by atoms with E-state index in [1.54, 1.807) is 6.07 Å². The number of aromatic nitrogens is 2. The van der Waals surface area contributed by atoms with Gasteiger partial charge in [0.2, 0.25) is 0 Å². The Labute approximate surface area is 107 Å². The lowest BCUT2D eigenvalue weighted by Gasteiger charge is -2.32. The van der Waals surface area contributed by atoms with E-state index >= 15 is 0 Å². The van der Waals surface area contributed by atoms with Crippen molar-refractivity contribution < 1.29 is 4.79 Å². The van der Waals surface area contributed by atoms with E-state index < -0.39 is 0 Å². The summed E-state index contributed by atoms with van der Waals surface area (Å²) >= 11 is 0. The Morgan fingerprint density at radius 2 is 2.17 bits per heavy atom. The van der Waals surface area contributed by atoms with Gasteiger partial charge in [0.15, 0.2) is 0 Å². The van der Waals surface area contributed by atoms with Crippen molar-refractivity contribution in [1.29, 1.82) is 0 Å². The maximum atomic E-state index is 11.8. The Morgan fingerprint density at radius 3 is 2.67 bits per heavy atom. The minimum absolute atomic E-state index is 0.0310. The zero-order chi connectivity index (χ0) is 13.1. The number of rotatable bonds is 2. The number of urea groups is 1. The normalized spacial score (nSPS) is 17.2. The predicted octanol–water partition coefficient (Wildman–Crippen LogP) is 1.22. The summed E-state index contributed by atoms with van der Waals surface area (Å²) < 4.78 is 1.91. The third-order valence-corrected chi connectivity index (χ3v) is 3.17. The van der Waals surface area contributed by atoms with Gasteiger partial charge in [-0.2, -0.15) is 5.10 Å². The lowest BCUT2D eigenvalue weighted by atomic mass is 10.1. The standard InChI is InChI=1S/C12H21N5O/c1-9(2)14-12(18)16-6-3-10(4-7-16)17-8-5-11(13)15-17/h5,8-10H,3-4,6-7H2,1-2H3,(H2,13,15)(H,14,18). The second-order valence-electron chi connectivity index (χ2n) is 5.04. The topological polar surface area (TPSA) is 76.2 Å². The molecule has 0 unspecified atom stereocenters. The molecule has 0 saturated carbocycles. The number of nitrogens with zero attached hydrogens (tertiary/aromatic N) is 3. The minimum Gasteiger partial charge on any atom is -0.382 e. The van der Waals surface area contributed by atoms with E-state index in [1.165, 1.54) is 0 Å². The molecule has 3 N–H and O–H groups in total. The van der Waals surface area contributed by atoms with E-state index in [1.807, 2.05) is 29.6 Å². The summed E-state index contributed by atoms with van der Waals surface area (Å²) in [5.74, 6) is 0.551. The number of hydrogen-bond donors (Lipinski definition) is 2. The van der Waals surface area contributed by atoms with E-state index in [0.29, 0.717) is 11.9 Å². The second-order valence-corrected chi connectivity index (χ2v) is 5.04. The molecule has 1 aliphatic heterocycles. The summed E-state index contributed by atoms with van der Waals surface area (Å²) in [7, 11) is 0. The van der Waals surface area contributed by atoms with Crippen molar-refractivity contribution in [3.05, 3.63) is 12.3 Å². The molecule has 1 fully saturated rings. The van der Waals surface area contributed by atoms with E-state index in [9.17, 15) is 4.79 Å². The third-order valence-electron chi connectivity index (χ3n) is 3.17. The van der Waals surface area contributed by atoms with Crippen molar-refractivity contribution in [3.8, 4) is 0 Å². The van der Waals surface area contributed by atoms with E-state index in [2.05, 4.69) is 10.4 Å². The maximum Gasteiger partial charge on any atom is 0.317 e. The average molecular weight is 251 g/mol. The largest absolute Gasteiger partial charge is 0.382 e. The first-order valence-electron chi connectivity index (χ1n) is 6.42. The number of amides is 2. The molecule has 0 radical (unpaired) electrons. The van der Waals surface area contributed by atoms with Crippen LogP contribution in [0.3, 0.4) is 0 Å². The highest BCUT2D eigenvalue weighted by atomic mass is 16.2. The van der Waals surface area contributed by atoms with Gasteiger partial charge in [-0.05, 0) is 32.8 Å². The molecule has 2 heterocycles. The van der Waals surface area contributed by atoms with Crippen LogP contribution in [0.2, 0.25) is 0 Å². The summed E-state index contributed by atoms with van der Waals surface area (Å²) in [5.41, 5.74) is 5.61. The van der Waals surface area contributed by atoms with Crippen molar-refractivity contribution >= 4 is 11.8 Å². The third kappa shape index (κ3) is 2.94. The molecule has 0 spiro atoms. The van der Waals surface area contributed by atoms with Crippen molar-refractivity contribution in [2.75, 3.05) is 18.8 Å². The summed E-state index contributed by atoms with van der Waals surface area (Å²) in [5, 5.41) is 7.14. The van der Waals surface area contributed by atoms with Crippen LogP contribution in [0.1, 0.15) is 32.7 Å². The zero-order valence-electron chi connectivity index (χ0n) is 11.0. The highest BCUT2D eigenvalue weighted by Gasteiger charge is 2.24. The highest BCUT2D eigenvalue weighted by molar-refractivity contribution is 5.74. The van der Waals surface area contributed by atoms with Crippen molar-refractivity contribution in [2.45, 2.75) is 38.8 Å². The number of nitrogen functional groups attached to an aromatic ring is 1. The Kier molecular flexibility index (Phi) is 3.74. The number of nitrogens with two attached hydrogens (primary N) is 1. The van der Waals surface area contributed by atoms with Crippen LogP contribution in [-0.4, -0.2) is 39.8 Å². The average Bonchev–Trinajstić information content (AvgIpc) is 2.75. The van der Waals surface area contributed by atoms with Gasteiger partial charge in [0, 0.05) is 25.3 Å². The van der Waals surface area contributed by atoms with Gasteiger partial charge in [0.05, 0.1) is 6.04 Å². The van der Waals surface area contributed by atoms with Crippen molar-refractivity contribution in [1.82, 2.24) is 20.0 Å². The molecule has 6 heteroatoms. The molecule has 1 aliphatic rings. The fraction of sp³-hybridized carbons (Fsp3) is 0.667. The minimum atomic E-state index is 0.0310. The molecular weight excluding hydrogens is 230 g/mol. The lowest BCUT2D eigenvalue weighted by Crippen LogP contribution is -2.46. The fourth-order valence-electron chi connectivity index (χ4n) is 2.23. The number of carbonyl (C=O) groups is 1. The van der Waals surface area contributed by atoms with Crippen LogP contribution in [-0.2, 0) is 0 Å². The van der Waals surface area contributed by atoms with Crippen LogP contribution in [0.15, 0.2) is 12.3 Å². The smallest absolute Gasteiger partial charge is 0.317 e. The van der Waals surface area contributed by atoms with Crippen LogP contribution >= 0.6 is 0 Å². The van der Waals surface area contributed by atoms with Gasteiger partial charge < -0.3 is 16.0 Å². The van der Waals surface area contributed by atoms with E-state index in [-0.39, 0.29) is 12.1 Å².